The number of anilines is 5. The molecule has 1 aliphatic rings. The highest BCUT2D eigenvalue weighted by atomic mass is 16.6. The Bertz CT molecular complexity index is 2030. The van der Waals surface area contributed by atoms with Crippen LogP contribution >= 0.6 is 0 Å². The quantitative estimate of drug-likeness (QED) is 0.0857. The van der Waals surface area contributed by atoms with Crippen LogP contribution in [-0.4, -0.2) is 55.8 Å². The van der Waals surface area contributed by atoms with Crippen LogP contribution in [0.15, 0.2) is 100 Å². The Morgan fingerprint density at radius 2 is 1.35 bits per heavy atom. The number of hydrogen-bond acceptors (Lipinski definition) is 15. The maximum absolute atomic E-state index is 13.7. The molecule has 0 saturated heterocycles. The zero-order chi connectivity index (χ0) is 34.5. The fourth-order valence-corrected chi connectivity index (χ4v) is 4.58. The van der Waals surface area contributed by atoms with Gasteiger partial charge in [-0.2, -0.15) is 20.0 Å². The summed E-state index contributed by atoms with van der Waals surface area (Å²) in [6.45, 7) is 0. The second kappa shape index (κ2) is 13.5. The molecule has 49 heavy (non-hydrogen) atoms. The highest BCUT2D eigenvalue weighted by Gasteiger charge is 2.33. The Labute approximate surface area is 276 Å². The smallest absolute Gasteiger partial charge is 0.297 e. The van der Waals surface area contributed by atoms with Crippen LogP contribution in [0, 0.1) is 20.2 Å². The van der Waals surface area contributed by atoms with Crippen LogP contribution < -0.4 is 25.5 Å². The summed E-state index contributed by atoms with van der Waals surface area (Å²) in [5.41, 5.74) is 2.74. The summed E-state index contributed by atoms with van der Waals surface area (Å²) in [5, 5.41) is 30.5. The Balaban J connectivity index is 1.42. The number of carbonyl (C=O) groups is 1. The van der Waals surface area contributed by atoms with Crippen molar-refractivity contribution in [1.29, 1.82) is 0 Å². The van der Waals surface area contributed by atoms with Gasteiger partial charge in [0, 0.05) is 11.6 Å². The number of aliphatic imine (C=N–C) groups is 1. The van der Waals surface area contributed by atoms with Crippen molar-refractivity contribution in [3.8, 4) is 11.5 Å². The molecular formula is C31H24N10O8. The van der Waals surface area contributed by atoms with Gasteiger partial charge in [-0.15, -0.1) is 0 Å². The predicted molar refractivity (Wildman–Crippen MR) is 176 cm³/mol. The number of nitrogens with one attached hydrogen (secondary N) is 3. The fraction of sp³-hybridized carbons (Fsp3) is 0.0645. The first-order valence-electron chi connectivity index (χ1n) is 14.2. The number of furan rings is 1. The summed E-state index contributed by atoms with van der Waals surface area (Å²) in [4.78, 5) is 53.7. The molecule has 246 valence electrons. The van der Waals surface area contributed by atoms with Crippen LogP contribution in [0.1, 0.15) is 11.3 Å². The van der Waals surface area contributed by atoms with Crippen LogP contribution in [0.4, 0.5) is 40.6 Å². The van der Waals surface area contributed by atoms with Gasteiger partial charge in [-0.3, -0.25) is 30.4 Å². The van der Waals surface area contributed by atoms with Crippen LogP contribution in [0.3, 0.4) is 0 Å². The van der Waals surface area contributed by atoms with Crippen LogP contribution in [0.2, 0.25) is 0 Å². The molecule has 0 fully saturated rings. The molecule has 5 aromatic rings. The zero-order valence-corrected chi connectivity index (χ0v) is 25.6. The number of benzene rings is 3. The standard InChI is InChI=1S/C31H24N10O8/c1-47-19-10-12-22(25(16-19)40(43)44)33-29-35-30(34-23-13-11-20(48-2)17-26(23)41(45)46)37-31(36-29)38-39-27(18-7-4-3-5-8-18)32-24(28(39)42)15-21-9-6-14-49-21/h3-17H,1-2H3,(H3,33,34,35,36,37,38). The summed E-state index contributed by atoms with van der Waals surface area (Å²) in [5.74, 6) is -0.196. The van der Waals surface area contributed by atoms with Crippen molar-refractivity contribution >= 4 is 58.4 Å². The first-order chi connectivity index (χ1) is 23.7. The van der Waals surface area contributed by atoms with Gasteiger partial charge in [-0.25, -0.2) is 4.99 Å². The van der Waals surface area contributed by atoms with Crippen LogP contribution in [-0.2, 0) is 4.79 Å². The highest BCUT2D eigenvalue weighted by Crippen LogP contribution is 2.33. The Morgan fingerprint density at radius 1 is 0.776 bits per heavy atom. The van der Waals surface area contributed by atoms with Crippen LogP contribution in [0.25, 0.3) is 6.08 Å². The maximum atomic E-state index is 13.7. The minimum atomic E-state index is -0.622. The molecule has 0 radical (unpaired) electrons. The molecular weight excluding hydrogens is 640 g/mol. The van der Waals surface area contributed by atoms with Gasteiger partial charge in [0.25, 0.3) is 17.3 Å². The molecule has 18 nitrogen and oxygen atoms in total. The number of nitro groups is 2. The van der Waals surface area contributed by atoms with Crippen molar-refractivity contribution in [2.75, 3.05) is 30.3 Å². The van der Waals surface area contributed by atoms with E-state index in [9.17, 15) is 25.0 Å². The molecule has 2 aromatic heterocycles. The highest BCUT2D eigenvalue weighted by molar-refractivity contribution is 6.20. The lowest BCUT2D eigenvalue weighted by Crippen LogP contribution is -2.38. The van der Waals surface area contributed by atoms with Crippen molar-refractivity contribution < 1.29 is 28.5 Å². The predicted octanol–water partition coefficient (Wildman–Crippen LogP) is 5.44. The van der Waals surface area contributed by atoms with Gasteiger partial charge < -0.3 is 24.5 Å². The van der Waals surface area contributed by atoms with Crippen LogP contribution in [0.5, 0.6) is 11.5 Å². The topological polar surface area (TPSA) is 225 Å². The van der Waals surface area contributed by atoms with E-state index in [0.717, 1.165) is 5.01 Å². The van der Waals surface area contributed by atoms with Crippen molar-refractivity contribution in [1.82, 2.24) is 20.0 Å². The SMILES string of the molecule is COc1ccc(Nc2nc(Nc3ccc(OC)cc3[N+](=O)[O-])nc(NN3C(=O)C(=Cc4ccco4)N=C3c3ccccc3)n2)c([N+](=O)[O-])c1. The number of carbonyl (C=O) groups excluding carboxylic acids is 1. The second-order valence-electron chi connectivity index (χ2n) is 9.94. The summed E-state index contributed by atoms with van der Waals surface area (Å²) in [6.07, 6.45) is 2.92. The monoisotopic (exact) mass is 664 g/mol. The number of amides is 1. The molecule has 0 aliphatic carbocycles. The normalized spacial score (nSPS) is 13.2. The Hall–Kier alpha value is -7.37. The van der Waals surface area contributed by atoms with Gasteiger partial charge in [0.15, 0.2) is 5.84 Å². The van der Waals surface area contributed by atoms with Crippen molar-refractivity contribution in [3.05, 3.63) is 122 Å². The number of nitro benzene ring substituents is 2. The van der Waals surface area contributed by atoms with E-state index < -0.39 is 15.8 Å². The van der Waals surface area contributed by atoms with Gasteiger partial charge in [0.05, 0.1) is 42.5 Å². The van der Waals surface area contributed by atoms with Gasteiger partial charge in [0.2, 0.25) is 17.8 Å². The Kier molecular flexibility index (Phi) is 8.74. The van der Waals surface area contributed by atoms with E-state index >= 15 is 0 Å². The third kappa shape index (κ3) is 6.92. The molecule has 0 spiro atoms. The minimum Gasteiger partial charge on any atom is -0.496 e. The summed E-state index contributed by atoms with van der Waals surface area (Å²) >= 11 is 0. The largest absolute Gasteiger partial charge is 0.496 e. The van der Waals surface area contributed by atoms with E-state index in [1.807, 2.05) is 0 Å². The summed E-state index contributed by atoms with van der Waals surface area (Å²) in [6, 6.07) is 20.4. The lowest BCUT2D eigenvalue weighted by atomic mass is 10.2. The third-order valence-electron chi connectivity index (χ3n) is 6.86. The summed E-state index contributed by atoms with van der Waals surface area (Å²) < 4.78 is 15.6. The van der Waals surface area contributed by atoms with Crippen molar-refractivity contribution in [3.63, 3.8) is 0 Å². The second-order valence-corrected chi connectivity index (χ2v) is 9.94. The van der Waals surface area contributed by atoms with E-state index in [0.29, 0.717) is 11.3 Å². The number of rotatable bonds is 12. The number of hydrazine groups is 1. The molecule has 1 aliphatic heterocycles. The molecule has 0 unspecified atom stereocenters. The van der Waals surface area contributed by atoms with Gasteiger partial charge in [-0.05, 0) is 36.4 Å². The molecule has 0 atom stereocenters. The third-order valence-corrected chi connectivity index (χ3v) is 6.86. The average Bonchev–Trinajstić information content (AvgIpc) is 3.73. The van der Waals surface area contributed by atoms with E-state index in [-0.39, 0.29) is 63.6 Å². The minimum absolute atomic E-state index is 0.00298. The lowest BCUT2D eigenvalue weighted by Gasteiger charge is -2.20. The number of amidine groups is 1. The molecule has 0 bridgehead atoms. The molecule has 6 rings (SSSR count). The van der Waals surface area contributed by atoms with E-state index in [2.05, 4.69) is 36.0 Å². The number of aromatic nitrogens is 3. The Morgan fingerprint density at radius 3 is 1.86 bits per heavy atom. The van der Waals surface area contributed by atoms with Crippen molar-refractivity contribution in [2.45, 2.75) is 0 Å². The lowest BCUT2D eigenvalue weighted by molar-refractivity contribution is -0.384. The average molecular weight is 665 g/mol. The molecule has 18 heteroatoms. The first-order valence-corrected chi connectivity index (χ1v) is 14.2. The number of ether oxygens (including phenoxy) is 2. The van der Waals surface area contributed by atoms with Crippen molar-refractivity contribution in [2.24, 2.45) is 4.99 Å². The van der Waals surface area contributed by atoms with E-state index in [1.54, 1.807) is 42.5 Å². The fourth-order valence-electron chi connectivity index (χ4n) is 4.58. The van der Waals surface area contributed by atoms with Gasteiger partial charge in [0.1, 0.15) is 34.3 Å². The molecule has 3 aromatic carbocycles. The first kappa shape index (κ1) is 31.6. The van der Waals surface area contributed by atoms with E-state index in [1.165, 1.54) is 63.0 Å². The molecule has 0 saturated carbocycles. The van der Waals surface area contributed by atoms with Gasteiger partial charge in [-0.1, -0.05) is 30.3 Å². The zero-order valence-electron chi connectivity index (χ0n) is 25.6. The summed E-state index contributed by atoms with van der Waals surface area (Å²) in [7, 11) is 2.74. The number of hydrogen-bond donors (Lipinski definition) is 3. The maximum Gasteiger partial charge on any atom is 0.297 e. The molecule has 3 heterocycles. The van der Waals surface area contributed by atoms with Gasteiger partial charge >= 0.3 is 0 Å². The molecule has 1 amide bonds. The number of nitrogens with zero attached hydrogens (tertiary/aromatic N) is 7. The number of methoxy groups -OCH3 is 2. The molecule has 3 N–H and O–H groups in total. The van der Waals surface area contributed by atoms with E-state index in [4.69, 9.17) is 13.9 Å².